The first-order valence-electron chi connectivity index (χ1n) is 9.87. The van der Waals surface area contributed by atoms with Crippen molar-refractivity contribution in [3.8, 4) is 11.4 Å². The third kappa shape index (κ3) is 5.12. The fourth-order valence-corrected chi connectivity index (χ4v) is 4.43. The first kappa shape index (κ1) is 22.5. The van der Waals surface area contributed by atoms with Crippen molar-refractivity contribution in [2.75, 3.05) is 11.9 Å². The summed E-state index contributed by atoms with van der Waals surface area (Å²) in [5.74, 6) is -0.0717. The van der Waals surface area contributed by atoms with Crippen LogP contribution in [0, 0.1) is 13.8 Å². The van der Waals surface area contributed by atoms with Crippen LogP contribution in [-0.2, 0) is 21.4 Å². The molecule has 0 saturated heterocycles. The molecule has 0 radical (unpaired) electrons. The van der Waals surface area contributed by atoms with Crippen molar-refractivity contribution >= 4 is 21.6 Å². The topological polar surface area (TPSA) is 102 Å². The highest BCUT2D eigenvalue weighted by Crippen LogP contribution is 2.28. The Hall–Kier alpha value is -3.17. The molecule has 3 rings (SSSR count). The number of anilines is 1. The summed E-state index contributed by atoms with van der Waals surface area (Å²) in [5.41, 5.74) is 3.66. The molecule has 0 aliphatic heterocycles. The Morgan fingerprint density at radius 2 is 1.84 bits per heavy atom. The van der Waals surface area contributed by atoms with E-state index < -0.39 is 10.0 Å². The molecule has 9 heteroatoms. The van der Waals surface area contributed by atoms with Gasteiger partial charge in [-0.3, -0.25) is 4.79 Å². The predicted molar refractivity (Wildman–Crippen MR) is 119 cm³/mol. The highest BCUT2D eigenvalue weighted by atomic mass is 32.2. The van der Waals surface area contributed by atoms with Crippen molar-refractivity contribution in [3.63, 3.8) is 0 Å². The number of nitrogens with zero attached hydrogens (tertiary/aromatic N) is 2. The number of aromatic nitrogens is 2. The van der Waals surface area contributed by atoms with Gasteiger partial charge in [0.15, 0.2) is 0 Å². The molecule has 0 fully saturated rings. The van der Waals surface area contributed by atoms with Gasteiger partial charge in [-0.25, -0.2) is 17.8 Å². The average Bonchev–Trinajstić information content (AvgIpc) is 3.01. The Bertz CT molecular complexity index is 1190. The van der Waals surface area contributed by atoms with Gasteiger partial charge in [-0.05, 0) is 51.1 Å². The van der Waals surface area contributed by atoms with Crippen molar-refractivity contribution in [1.29, 1.82) is 0 Å². The largest absolute Gasteiger partial charge is 0.492 e. The number of aryl methyl sites for hydroxylation is 1. The molecule has 2 aromatic carbocycles. The highest BCUT2D eigenvalue weighted by Gasteiger charge is 2.22. The molecule has 0 bridgehead atoms. The second-order valence-corrected chi connectivity index (χ2v) is 8.73. The smallest absolute Gasteiger partial charge is 0.244 e. The summed E-state index contributed by atoms with van der Waals surface area (Å²) >= 11 is 0. The van der Waals surface area contributed by atoms with Gasteiger partial charge in [-0.15, -0.1) is 0 Å². The zero-order valence-corrected chi connectivity index (χ0v) is 18.8. The molecule has 0 unspecified atom stereocenters. The minimum absolute atomic E-state index is 0.0358. The van der Waals surface area contributed by atoms with Crippen LogP contribution in [0.25, 0.3) is 5.69 Å². The van der Waals surface area contributed by atoms with E-state index in [9.17, 15) is 13.2 Å². The van der Waals surface area contributed by atoms with Crippen LogP contribution in [0.5, 0.6) is 5.75 Å². The van der Waals surface area contributed by atoms with E-state index in [4.69, 9.17) is 4.74 Å². The van der Waals surface area contributed by atoms with Gasteiger partial charge in [-0.2, -0.15) is 5.10 Å². The highest BCUT2D eigenvalue weighted by molar-refractivity contribution is 7.89. The Morgan fingerprint density at radius 1 is 1.13 bits per heavy atom. The second kappa shape index (κ2) is 9.32. The first-order valence-corrected chi connectivity index (χ1v) is 11.4. The van der Waals surface area contributed by atoms with E-state index in [0.29, 0.717) is 12.3 Å². The third-order valence-corrected chi connectivity index (χ3v) is 6.16. The molecule has 0 atom stereocenters. The molecule has 0 spiro atoms. The van der Waals surface area contributed by atoms with Gasteiger partial charge < -0.3 is 10.1 Å². The van der Waals surface area contributed by atoms with Gasteiger partial charge in [0.1, 0.15) is 10.6 Å². The Kier molecular flexibility index (Phi) is 6.77. The number of carbonyl (C=O) groups is 1. The van der Waals surface area contributed by atoms with Crippen LogP contribution >= 0.6 is 0 Å². The zero-order chi connectivity index (χ0) is 22.6. The number of ether oxygens (including phenoxy) is 1. The molecule has 1 heterocycles. The lowest BCUT2D eigenvalue weighted by Crippen LogP contribution is -2.24. The number of amides is 1. The molecule has 3 aromatic rings. The molecule has 1 amide bonds. The lowest BCUT2D eigenvalue weighted by atomic mass is 10.2. The number of sulfonamides is 1. The van der Waals surface area contributed by atoms with Gasteiger partial charge in [0.05, 0.1) is 18.0 Å². The summed E-state index contributed by atoms with van der Waals surface area (Å²) in [5, 5.41) is 7.16. The Balaban J connectivity index is 1.90. The number of hydrogen-bond acceptors (Lipinski definition) is 5. The minimum Gasteiger partial charge on any atom is -0.492 e. The van der Waals surface area contributed by atoms with Crippen LogP contribution in [-0.4, -0.2) is 30.7 Å². The Labute approximate surface area is 182 Å². The van der Waals surface area contributed by atoms with Crippen molar-refractivity contribution < 1.29 is 17.9 Å². The summed E-state index contributed by atoms with van der Waals surface area (Å²) in [6.45, 7) is 7.26. The molecule has 8 nitrogen and oxygen atoms in total. The first-order chi connectivity index (χ1) is 14.7. The van der Waals surface area contributed by atoms with Gasteiger partial charge in [0.2, 0.25) is 15.9 Å². The quantitative estimate of drug-likeness (QED) is 0.557. The maximum Gasteiger partial charge on any atom is 0.244 e. The molecule has 0 aliphatic rings. The maximum absolute atomic E-state index is 13.1. The molecule has 164 valence electrons. The fraction of sp³-hybridized carbons (Fsp3) is 0.273. The van der Waals surface area contributed by atoms with Crippen molar-refractivity contribution in [1.82, 2.24) is 14.5 Å². The summed E-state index contributed by atoms with van der Waals surface area (Å²) in [6.07, 6.45) is 0. The standard InChI is InChI=1S/C22H26N4O4S/c1-5-30-21-12-11-18(24-17(4)27)13-22(21)31(28,29)23-14-20-15(2)25-26(16(20)3)19-9-7-6-8-10-19/h6-13,23H,5,14H2,1-4H3,(H,24,27). The molecule has 0 saturated carbocycles. The summed E-state index contributed by atoms with van der Waals surface area (Å²) < 4.78 is 36.1. The Morgan fingerprint density at radius 3 is 2.48 bits per heavy atom. The maximum atomic E-state index is 13.1. The van der Waals surface area contributed by atoms with E-state index in [2.05, 4.69) is 15.1 Å². The number of benzene rings is 2. The van der Waals surface area contributed by atoms with Gasteiger partial charge in [0.25, 0.3) is 0 Å². The monoisotopic (exact) mass is 442 g/mol. The van der Waals surface area contributed by atoms with E-state index in [-0.39, 0.29) is 23.1 Å². The molecule has 31 heavy (non-hydrogen) atoms. The summed E-state index contributed by atoms with van der Waals surface area (Å²) in [7, 11) is -3.92. The molecule has 0 aliphatic carbocycles. The third-order valence-electron chi connectivity index (χ3n) is 4.73. The fourth-order valence-electron chi connectivity index (χ4n) is 3.27. The molecular weight excluding hydrogens is 416 g/mol. The van der Waals surface area contributed by atoms with Gasteiger partial charge >= 0.3 is 0 Å². The lowest BCUT2D eigenvalue weighted by Gasteiger charge is -2.14. The minimum atomic E-state index is -3.92. The van der Waals surface area contributed by atoms with E-state index in [1.807, 2.05) is 44.2 Å². The number of nitrogens with one attached hydrogen (secondary N) is 2. The average molecular weight is 443 g/mol. The van der Waals surface area contributed by atoms with Crippen molar-refractivity contribution in [3.05, 3.63) is 65.5 Å². The van der Waals surface area contributed by atoms with Gasteiger partial charge in [0, 0.05) is 30.4 Å². The predicted octanol–water partition coefficient (Wildman–Crippen LogP) is 3.32. The molecular formula is C22H26N4O4S. The van der Waals surface area contributed by atoms with Crippen LogP contribution in [0.1, 0.15) is 30.8 Å². The van der Waals surface area contributed by atoms with Crippen LogP contribution in [0.15, 0.2) is 53.4 Å². The van der Waals surface area contributed by atoms with Crippen molar-refractivity contribution in [2.45, 2.75) is 39.1 Å². The van der Waals surface area contributed by atoms with Crippen molar-refractivity contribution in [2.24, 2.45) is 0 Å². The normalized spacial score (nSPS) is 11.4. The number of carbonyl (C=O) groups excluding carboxylic acids is 1. The van der Waals surface area contributed by atoms with Crippen LogP contribution in [0.3, 0.4) is 0 Å². The molecule has 2 N–H and O–H groups in total. The summed E-state index contributed by atoms with van der Waals surface area (Å²) in [6, 6.07) is 14.2. The van der Waals surface area contributed by atoms with E-state index in [0.717, 1.165) is 22.6 Å². The zero-order valence-electron chi connectivity index (χ0n) is 18.0. The lowest BCUT2D eigenvalue weighted by molar-refractivity contribution is -0.114. The SMILES string of the molecule is CCOc1ccc(NC(C)=O)cc1S(=O)(=O)NCc1c(C)nn(-c2ccccc2)c1C. The summed E-state index contributed by atoms with van der Waals surface area (Å²) in [4.78, 5) is 11.3. The van der Waals surface area contributed by atoms with Crippen LogP contribution < -0.4 is 14.8 Å². The molecule has 1 aromatic heterocycles. The van der Waals surface area contributed by atoms with Crippen LogP contribution in [0.2, 0.25) is 0 Å². The number of para-hydroxylation sites is 1. The van der Waals surface area contributed by atoms with E-state index >= 15 is 0 Å². The number of rotatable bonds is 8. The van der Waals surface area contributed by atoms with E-state index in [1.165, 1.54) is 19.1 Å². The van der Waals surface area contributed by atoms with Crippen LogP contribution in [0.4, 0.5) is 5.69 Å². The van der Waals surface area contributed by atoms with E-state index in [1.54, 1.807) is 17.7 Å². The van der Waals surface area contributed by atoms with Gasteiger partial charge in [-0.1, -0.05) is 18.2 Å². The second-order valence-electron chi connectivity index (χ2n) is 7.00. The number of hydrogen-bond donors (Lipinski definition) is 2.